The van der Waals surface area contributed by atoms with Crippen molar-refractivity contribution in [1.82, 2.24) is 0 Å². The zero-order chi connectivity index (χ0) is 13.5. The molecule has 0 radical (unpaired) electrons. The van der Waals surface area contributed by atoms with E-state index in [4.69, 9.17) is 0 Å². The molecular weight excluding hydrogens is 244 g/mol. The normalized spacial score (nSPS) is 12.9. The van der Waals surface area contributed by atoms with E-state index in [1.807, 2.05) is 36.4 Å². The highest BCUT2D eigenvalue weighted by atomic mass is 16.1. The summed E-state index contributed by atoms with van der Waals surface area (Å²) in [6.07, 6.45) is 3.61. The standard InChI is InChI=1S/C19H12O/c20-18-12-11-16-15(13-5-2-1-3-6-13)10-9-14-7-4-8-17(18)19(14)16/h1-12H. The average molecular weight is 256 g/mol. The van der Waals surface area contributed by atoms with E-state index >= 15 is 0 Å². The fourth-order valence-electron chi connectivity index (χ4n) is 2.90. The minimum Gasteiger partial charge on any atom is -0.289 e. The summed E-state index contributed by atoms with van der Waals surface area (Å²) in [5, 5.41) is 2.19. The average Bonchev–Trinajstić information content (AvgIpc) is 2.52. The summed E-state index contributed by atoms with van der Waals surface area (Å²) < 4.78 is 0. The molecule has 1 nitrogen and oxygen atoms in total. The lowest BCUT2D eigenvalue weighted by molar-refractivity contribution is 0.104. The van der Waals surface area contributed by atoms with Crippen LogP contribution in [0.4, 0.5) is 0 Å². The van der Waals surface area contributed by atoms with E-state index in [0.717, 1.165) is 21.9 Å². The lowest BCUT2D eigenvalue weighted by Crippen LogP contribution is -2.02. The Labute approximate surface area is 117 Å². The first-order valence-electron chi connectivity index (χ1n) is 6.68. The lowest BCUT2D eigenvalue weighted by atomic mass is 9.87. The molecule has 0 unspecified atom stereocenters. The summed E-state index contributed by atoms with van der Waals surface area (Å²) in [7, 11) is 0. The van der Waals surface area contributed by atoms with Crippen LogP contribution in [0.1, 0.15) is 15.9 Å². The molecule has 0 N–H and O–H groups in total. The number of carbonyl (C=O) groups excluding carboxylic acids is 1. The molecule has 1 heteroatoms. The number of allylic oxidation sites excluding steroid dienone is 1. The second-order valence-corrected chi connectivity index (χ2v) is 4.99. The molecule has 1 aliphatic rings. The third-order valence-electron chi connectivity index (χ3n) is 3.84. The van der Waals surface area contributed by atoms with E-state index in [1.165, 1.54) is 11.1 Å². The summed E-state index contributed by atoms with van der Waals surface area (Å²) in [6, 6.07) is 20.4. The predicted octanol–water partition coefficient (Wildman–Crippen LogP) is 4.72. The van der Waals surface area contributed by atoms with Gasteiger partial charge in [-0.3, -0.25) is 4.79 Å². The monoisotopic (exact) mass is 256 g/mol. The minimum absolute atomic E-state index is 0.0910. The Balaban J connectivity index is 2.12. The van der Waals surface area contributed by atoms with Gasteiger partial charge in [0.1, 0.15) is 0 Å². The zero-order valence-corrected chi connectivity index (χ0v) is 10.8. The van der Waals surface area contributed by atoms with Crippen molar-refractivity contribution in [2.75, 3.05) is 0 Å². The summed E-state index contributed by atoms with van der Waals surface area (Å²) in [5.74, 6) is 0.0910. The van der Waals surface area contributed by atoms with Gasteiger partial charge in [-0.05, 0) is 34.2 Å². The van der Waals surface area contributed by atoms with Crippen LogP contribution >= 0.6 is 0 Å². The lowest BCUT2D eigenvalue weighted by Gasteiger charge is -2.16. The summed E-state index contributed by atoms with van der Waals surface area (Å²) in [4.78, 5) is 12.0. The molecule has 0 saturated heterocycles. The third-order valence-corrected chi connectivity index (χ3v) is 3.84. The van der Waals surface area contributed by atoms with Crippen molar-refractivity contribution in [3.05, 3.63) is 77.9 Å². The highest BCUT2D eigenvalue weighted by molar-refractivity contribution is 6.21. The van der Waals surface area contributed by atoms with E-state index in [9.17, 15) is 4.79 Å². The molecule has 0 aliphatic heterocycles. The van der Waals surface area contributed by atoms with Crippen LogP contribution in [0.15, 0.2) is 66.7 Å². The number of carbonyl (C=O) groups is 1. The maximum absolute atomic E-state index is 12.0. The van der Waals surface area contributed by atoms with Gasteiger partial charge in [0.05, 0.1) is 0 Å². The number of benzene rings is 3. The number of hydrogen-bond donors (Lipinski definition) is 0. The van der Waals surface area contributed by atoms with Gasteiger partial charge in [-0.15, -0.1) is 0 Å². The molecule has 0 fully saturated rings. The van der Waals surface area contributed by atoms with Crippen LogP contribution in [-0.2, 0) is 0 Å². The maximum Gasteiger partial charge on any atom is 0.186 e. The molecule has 0 atom stereocenters. The third kappa shape index (κ3) is 1.53. The Bertz CT molecular complexity index is 858. The predicted molar refractivity (Wildman–Crippen MR) is 82.7 cm³/mol. The minimum atomic E-state index is 0.0910. The van der Waals surface area contributed by atoms with Crippen LogP contribution < -0.4 is 0 Å². The number of hydrogen-bond acceptors (Lipinski definition) is 1. The van der Waals surface area contributed by atoms with Gasteiger partial charge in [0, 0.05) is 10.9 Å². The summed E-state index contributed by atoms with van der Waals surface area (Å²) in [5.41, 5.74) is 4.30. The summed E-state index contributed by atoms with van der Waals surface area (Å²) in [6.45, 7) is 0. The smallest absolute Gasteiger partial charge is 0.186 e. The summed E-state index contributed by atoms with van der Waals surface area (Å²) >= 11 is 0. The second-order valence-electron chi connectivity index (χ2n) is 4.99. The molecule has 0 amide bonds. The highest BCUT2D eigenvalue weighted by Gasteiger charge is 2.17. The fraction of sp³-hybridized carbons (Fsp3) is 0. The van der Waals surface area contributed by atoms with Crippen molar-refractivity contribution in [2.24, 2.45) is 0 Å². The van der Waals surface area contributed by atoms with Gasteiger partial charge < -0.3 is 0 Å². The SMILES string of the molecule is O=C1C=Cc2c(-c3ccccc3)ccc3cccc1c23. The van der Waals surface area contributed by atoms with Crippen LogP contribution in [0.2, 0.25) is 0 Å². The Kier molecular flexibility index (Phi) is 2.33. The van der Waals surface area contributed by atoms with Gasteiger partial charge in [0.15, 0.2) is 5.78 Å². The molecule has 0 aromatic heterocycles. The molecule has 0 heterocycles. The Morgan fingerprint density at radius 1 is 0.650 bits per heavy atom. The highest BCUT2D eigenvalue weighted by Crippen LogP contribution is 2.35. The first-order valence-corrected chi connectivity index (χ1v) is 6.68. The van der Waals surface area contributed by atoms with Crippen LogP contribution in [-0.4, -0.2) is 5.78 Å². The topological polar surface area (TPSA) is 17.1 Å². The molecule has 0 bridgehead atoms. The van der Waals surface area contributed by atoms with Crippen molar-refractivity contribution in [3.8, 4) is 11.1 Å². The number of ketones is 1. The molecule has 3 aromatic rings. The molecule has 0 saturated carbocycles. The first kappa shape index (κ1) is 11.2. The van der Waals surface area contributed by atoms with Crippen molar-refractivity contribution in [3.63, 3.8) is 0 Å². The Morgan fingerprint density at radius 2 is 1.50 bits per heavy atom. The quantitative estimate of drug-likeness (QED) is 0.616. The van der Waals surface area contributed by atoms with Crippen molar-refractivity contribution in [1.29, 1.82) is 0 Å². The molecule has 94 valence electrons. The van der Waals surface area contributed by atoms with Gasteiger partial charge >= 0.3 is 0 Å². The van der Waals surface area contributed by atoms with Gasteiger partial charge in [-0.2, -0.15) is 0 Å². The van der Waals surface area contributed by atoms with Crippen LogP contribution in [0.3, 0.4) is 0 Å². The van der Waals surface area contributed by atoms with E-state index < -0.39 is 0 Å². The second kappa shape index (κ2) is 4.17. The molecule has 1 aliphatic carbocycles. The molecular formula is C19H12O. The van der Waals surface area contributed by atoms with Crippen molar-refractivity contribution in [2.45, 2.75) is 0 Å². The Morgan fingerprint density at radius 3 is 2.35 bits per heavy atom. The van der Waals surface area contributed by atoms with Crippen LogP contribution in [0, 0.1) is 0 Å². The van der Waals surface area contributed by atoms with Crippen LogP contribution in [0.5, 0.6) is 0 Å². The van der Waals surface area contributed by atoms with Gasteiger partial charge in [-0.25, -0.2) is 0 Å². The molecule has 20 heavy (non-hydrogen) atoms. The largest absolute Gasteiger partial charge is 0.289 e. The van der Waals surface area contributed by atoms with E-state index in [1.54, 1.807) is 6.08 Å². The van der Waals surface area contributed by atoms with E-state index in [2.05, 4.69) is 30.3 Å². The van der Waals surface area contributed by atoms with Crippen LogP contribution in [0.25, 0.3) is 28.0 Å². The number of rotatable bonds is 1. The molecule has 3 aromatic carbocycles. The Hall–Kier alpha value is -2.67. The van der Waals surface area contributed by atoms with E-state index in [0.29, 0.717) is 0 Å². The van der Waals surface area contributed by atoms with Gasteiger partial charge in [-0.1, -0.05) is 60.7 Å². The first-order chi connectivity index (χ1) is 9.84. The van der Waals surface area contributed by atoms with Crippen molar-refractivity contribution >= 4 is 22.6 Å². The van der Waals surface area contributed by atoms with Gasteiger partial charge in [0.2, 0.25) is 0 Å². The van der Waals surface area contributed by atoms with Crippen molar-refractivity contribution < 1.29 is 4.79 Å². The molecule has 0 spiro atoms. The molecule has 4 rings (SSSR count). The maximum atomic E-state index is 12.0. The zero-order valence-electron chi connectivity index (χ0n) is 10.8. The van der Waals surface area contributed by atoms with E-state index in [-0.39, 0.29) is 5.78 Å². The fourth-order valence-corrected chi connectivity index (χ4v) is 2.90. The van der Waals surface area contributed by atoms with Gasteiger partial charge in [0.25, 0.3) is 0 Å².